The maximum Gasteiger partial charge on any atom is 0.252 e. The van der Waals surface area contributed by atoms with E-state index >= 15 is 0 Å². The molecule has 1 N–H and O–H groups in total. The molecule has 1 amide bonds. The van der Waals surface area contributed by atoms with Crippen molar-refractivity contribution in [3.63, 3.8) is 0 Å². The number of methoxy groups -OCH3 is 2. The quantitative estimate of drug-likeness (QED) is 0.737. The largest absolute Gasteiger partial charge is 0.496 e. The van der Waals surface area contributed by atoms with Gasteiger partial charge in [0.1, 0.15) is 11.9 Å². The monoisotopic (exact) mass is 345 g/mol. The molecule has 1 atom stereocenters. The molecule has 0 aliphatic heterocycles. The molecule has 0 fully saturated rings. The molecular weight excluding hydrogens is 322 g/mol. The number of amides is 1. The van der Waals surface area contributed by atoms with Crippen molar-refractivity contribution in [2.75, 3.05) is 26.5 Å². The van der Waals surface area contributed by atoms with Crippen molar-refractivity contribution in [1.29, 1.82) is 0 Å². The zero-order chi connectivity index (χ0) is 17.4. The second-order valence-electron chi connectivity index (χ2n) is 5.11. The summed E-state index contributed by atoms with van der Waals surface area (Å²) in [5.41, 5.74) is 1.61. The number of hydrogen-bond donors (Lipinski definition) is 1. The predicted molar refractivity (Wildman–Crippen MR) is 97.9 cm³/mol. The van der Waals surface area contributed by atoms with E-state index in [1.165, 1.54) is 0 Å². The smallest absolute Gasteiger partial charge is 0.252 e. The molecule has 0 spiro atoms. The molecule has 0 aromatic heterocycles. The van der Waals surface area contributed by atoms with Crippen LogP contribution in [0.4, 0.5) is 0 Å². The molecular formula is C19H23NO3S. The van der Waals surface area contributed by atoms with E-state index in [1.807, 2.05) is 48.5 Å². The van der Waals surface area contributed by atoms with E-state index in [0.29, 0.717) is 12.1 Å². The predicted octanol–water partition coefficient (Wildman–Crippen LogP) is 3.92. The Hall–Kier alpha value is -1.98. The number of hydrogen-bond acceptors (Lipinski definition) is 4. The molecule has 0 heterocycles. The molecule has 0 aliphatic carbocycles. The molecule has 0 aliphatic rings. The fourth-order valence-electron chi connectivity index (χ4n) is 2.47. The summed E-state index contributed by atoms with van der Waals surface area (Å²) in [6.07, 6.45) is -0.268. The number of ether oxygens (including phenoxy) is 2. The van der Waals surface area contributed by atoms with Crippen LogP contribution >= 0.6 is 11.8 Å². The van der Waals surface area contributed by atoms with Crippen molar-refractivity contribution in [2.24, 2.45) is 0 Å². The van der Waals surface area contributed by atoms with Gasteiger partial charge in [-0.1, -0.05) is 37.3 Å². The number of carbonyl (C=O) groups excluding carboxylic acids is 1. The van der Waals surface area contributed by atoms with Crippen LogP contribution in [0.3, 0.4) is 0 Å². The lowest BCUT2D eigenvalue weighted by Gasteiger charge is -2.19. The highest BCUT2D eigenvalue weighted by Crippen LogP contribution is 2.27. The van der Waals surface area contributed by atoms with E-state index in [1.54, 1.807) is 26.0 Å². The van der Waals surface area contributed by atoms with Gasteiger partial charge in [0.25, 0.3) is 5.91 Å². The lowest BCUT2D eigenvalue weighted by Crippen LogP contribution is -2.29. The van der Waals surface area contributed by atoms with Gasteiger partial charge in [-0.15, -0.1) is 11.8 Å². The number of para-hydroxylation sites is 1. The summed E-state index contributed by atoms with van der Waals surface area (Å²) in [5.74, 6) is 1.58. The normalized spacial score (nSPS) is 11.8. The summed E-state index contributed by atoms with van der Waals surface area (Å²) < 4.78 is 10.9. The molecule has 2 rings (SSSR count). The van der Waals surface area contributed by atoms with Gasteiger partial charge in [-0.25, -0.2) is 0 Å². The number of nitrogens with one attached hydrogen (secondary N) is 1. The Morgan fingerprint density at radius 2 is 1.83 bits per heavy atom. The number of benzene rings is 2. The van der Waals surface area contributed by atoms with Crippen LogP contribution < -0.4 is 10.1 Å². The molecule has 5 heteroatoms. The third-order valence-corrected chi connectivity index (χ3v) is 4.61. The van der Waals surface area contributed by atoms with Crippen molar-refractivity contribution >= 4 is 17.7 Å². The van der Waals surface area contributed by atoms with Gasteiger partial charge in [-0.2, -0.15) is 0 Å². The Bertz CT molecular complexity index is 675. The van der Waals surface area contributed by atoms with Crippen LogP contribution in [0.15, 0.2) is 53.4 Å². The first-order valence-corrected chi connectivity index (χ1v) is 8.85. The SMILES string of the molecule is CCSc1ccccc1C(=O)NC[C@H](OC)c1ccccc1OC. The first kappa shape index (κ1) is 18.4. The molecule has 2 aromatic rings. The van der Waals surface area contributed by atoms with Gasteiger partial charge in [0.2, 0.25) is 0 Å². The number of rotatable bonds is 8. The van der Waals surface area contributed by atoms with E-state index in [-0.39, 0.29) is 12.0 Å². The Morgan fingerprint density at radius 3 is 2.54 bits per heavy atom. The Kier molecular flexibility index (Phi) is 7.15. The minimum atomic E-state index is -0.268. The number of carbonyl (C=O) groups is 1. The zero-order valence-electron chi connectivity index (χ0n) is 14.2. The van der Waals surface area contributed by atoms with E-state index in [2.05, 4.69) is 12.2 Å². The molecule has 128 valence electrons. The first-order valence-electron chi connectivity index (χ1n) is 7.87. The van der Waals surface area contributed by atoms with Gasteiger partial charge in [-0.3, -0.25) is 4.79 Å². The molecule has 0 saturated carbocycles. The lowest BCUT2D eigenvalue weighted by molar-refractivity contribution is 0.0817. The number of thioether (sulfide) groups is 1. The lowest BCUT2D eigenvalue weighted by atomic mass is 10.1. The summed E-state index contributed by atoms with van der Waals surface area (Å²) in [6, 6.07) is 15.3. The standard InChI is InChI=1S/C19H23NO3S/c1-4-24-18-12-8-6-10-15(18)19(21)20-13-17(23-3)14-9-5-7-11-16(14)22-2/h5-12,17H,4,13H2,1-3H3,(H,20,21)/t17-/m0/s1. The van der Waals surface area contributed by atoms with Gasteiger partial charge in [0, 0.05) is 24.1 Å². The maximum absolute atomic E-state index is 12.5. The van der Waals surface area contributed by atoms with E-state index in [0.717, 1.165) is 22.0 Å². The Balaban J connectivity index is 2.09. The van der Waals surface area contributed by atoms with Gasteiger partial charge in [0.05, 0.1) is 12.7 Å². The van der Waals surface area contributed by atoms with Crippen LogP contribution in [0.2, 0.25) is 0 Å². The maximum atomic E-state index is 12.5. The second-order valence-corrected chi connectivity index (χ2v) is 6.41. The highest BCUT2D eigenvalue weighted by atomic mass is 32.2. The van der Waals surface area contributed by atoms with Gasteiger partial charge in [0.15, 0.2) is 0 Å². The molecule has 24 heavy (non-hydrogen) atoms. The molecule has 0 saturated heterocycles. The van der Waals surface area contributed by atoms with Crippen molar-refractivity contribution in [1.82, 2.24) is 5.32 Å². The summed E-state index contributed by atoms with van der Waals surface area (Å²) in [4.78, 5) is 13.5. The van der Waals surface area contributed by atoms with E-state index in [4.69, 9.17) is 9.47 Å². The van der Waals surface area contributed by atoms with Crippen LogP contribution in [0, 0.1) is 0 Å². The van der Waals surface area contributed by atoms with E-state index in [9.17, 15) is 4.79 Å². The molecule has 0 radical (unpaired) electrons. The summed E-state index contributed by atoms with van der Waals surface area (Å²) in [7, 11) is 3.26. The minimum absolute atomic E-state index is 0.0940. The third-order valence-electron chi connectivity index (χ3n) is 3.65. The molecule has 0 unspecified atom stereocenters. The van der Waals surface area contributed by atoms with Crippen LogP contribution in [0.25, 0.3) is 0 Å². The van der Waals surface area contributed by atoms with Crippen LogP contribution in [-0.2, 0) is 4.74 Å². The fourth-order valence-corrected chi connectivity index (χ4v) is 3.27. The van der Waals surface area contributed by atoms with Crippen molar-refractivity contribution in [3.05, 3.63) is 59.7 Å². The molecule has 0 bridgehead atoms. The Morgan fingerprint density at radius 1 is 1.12 bits per heavy atom. The minimum Gasteiger partial charge on any atom is -0.496 e. The summed E-state index contributed by atoms with van der Waals surface area (Å²) in [6.45, 7) is 2.45. The van der Waals surface area contributed by atoms with Crippen molar-refractivity contribution in [3.8, 4) is 5.75 Å². The van der Waals surface area contributed by atoms with Gasteiger partial charge >= 0.3 is 0 Å². The van der Waals surface area contributed by atoms with Gasteiger partial charge in [-0.05, 0) is 24.0 Å². The van der Waals surface area contributed by atoms with Crippen LogP contribution in [-0.4, -0.2) is 32.4 Å². The van der Waals surface area contributed by atoms with Crippen molar-refractivity contribution in [2.45, 2.75) is 17.9 Å². The van der Waals surface area contributed by atoms with Gasteiger partial charge < -0.3 is 14.8 Å². The summed E-state index contributed by atoms with van der Waals surface area (Å²) >= 11 is 1.66. The molecule has 2 aromatic carbocycles. The third kappa shape index (κ3) is 4.52. The van der Waals surface area contributed by atoms with Crippen LogP contribution in [0.1, 0.15) is 28.9 Å². The Labute approximate surface area is 147 Å². The average Bonchev–Trinajstić information content (AvgIpc) is 2.63. The molecule has 4 nitrogen and oxygen atoms in total. The van der Waals surface area contributed by atoms with Crippen LogP contribution in [0.5, 0.6) is 5.75 Å². The highest BCUT2D eigenvalue weighted by molar-refractivity contribution is 7.99. The highest BCUT2D eigenvalue weighted by Gasteiger charge is 2.18. The first-order chi connectivity index (χ1) is 11.7. The fraction of sp³-hybridized carbons (Fsp3) is 0.316. The van der Waals surface area contributed by atoms with E-state index < -0.39 is 0 Å². The second kappa shape index (κ2) is 9.35. The average molecular weight is 345 g/mol. The zero-order valence-corrected chi connectivity index (χ0v) is 15.1. The topological polar surface area (TPSA) is 47.6 Å². The summed E-state index contributed by atoms with van der Waals surface area (Å²) in [5, 5.41) is 2.97. The van der Waals surface area contributed by atoms with Crippen molar-refractivity contribution < 1.29 is 14.3 Å².